The Bertz CT molecular complexity index is 466. The predicted molar refractivity (Wildman–Crippen MR) is 78.4 cm³/mol. The number of ether oxygens (including phenoxy) is 1. The molecule has 1 aliphatic heterocycles. The number of fused-ring (bicyclic) bond motifs is 1. The summed E-state index contributed by atoms with van der Waals surface area (Å²) in [5.74, 6) is 0.387. The van der Waals surface area contributed by atoms with Gasteiger partial charge in [0.15, 0.2) is 0 Å². The van der Waals surface area contributed by atoms with Crippen LogP contribution in [-0.2, 0) is 16.1 Å². The molecular weight excluding hydrogens is 250 g/mol. The van der Waals surface area contributed by atoms with Crippen LogP contribution in [0.2, 0.25) is 0 Å². The number of carbonyl (C=O) groups is 1. The van der Waals surface area contributed by atoms with Gasteiger partial charge in [-0.3, -0.25) is 4.79 Å². The van der Waals surface area contributed by atoms with E-state index in [0.717, 1.165) is 12.1 Å². The van der Waals surface area contributed by atoms with Crippen LogP contribution in [0.15, 0.2) is 24.3 Å². The second-order valence-corrected chi connectivity index (χ2v) is 6.02. The number of carbonyl (C=O) groups excluding carboxylic acids is 1. The largest absolute Gasteiger partial charge is 0.465 e. The first-order valence-electron chi connectivity index (χ1n) is 7.80. The fourth-order valence-corrected chi connectivity index (χ4v) is 3.36. The van der Waals surface area contributed by atoms with Crippen LogP contribution in [0.25, 0.3) is 0 Å². The Balaban J connectivity index is 1.60. The highest BCUT2D eigenvalue weighted by Crippen LogP contribution is 2.27. The minimum Gasteiger partial charge on any atom is -0.465 e. The van der Waals surface area contributed by atoms with Gasteiger partial charge in [0.05, 0.1) is 12.5 Å². The molecule has 1 heterocycles. The lowest BCUT2D eigenvalue weighted by Gasteiger charge is -2.26. The van der Waals surface area contributed by atoms with Gasteiger partial charge < -0.3 is 10.1 Å². The highest BCUT2D eigenvalue weighted by atomic mass is 16.5. The van der Waals surface area contributed by atoms with Crippen molar-refractivity contribution in [2.24, 2.45) is 5.92 Å². The maximum absolute atomic E-state index is 12.3. The van der Waals surface area contributed by atoms with Crippen molar-refractivity contribution in [2.75, 3.05) is 13.2 Å². The van der Waals surface area contributed by atoms with E-state index in [1.165, 1.54) is 37.7 Å². The molecule has 1 unspecified atom stereocenters. The number of hydrogen-bond acceptors (Lipinski definition) is 3. The first-order chi connectivity index (χ1) is 9.84. The minimum absolute atomic E-state index is 0.0600. The zero-order valence-corrected chi connectivity index (χ0v) is 11.9. The third-order valence-corrected chi connectivity index (χ3v) is 4.56. The van der Waals surface area contributed by atoms with Crippen LogP contribution in [-0.4, -0.2) is 19.1 Å². The van der Waals surface area contributed by atoms with Gasteiger partial charge in [0.2, 0.25) is 0 Å². The molecule has 3 nitrogen and oxygen atoms in total. The van der Waals surface area contributed by atoms with E-state index in [1.807, 2.05) is 12.1 Å². The third kappa shape index (κ3) is 3.04. The smallest absolute Gasteiger partial charge is 0.314 e. The minimum atomic E-state index is -0.136. The topological polar surface area (TPSA) is 38.3 Å². The molecule has 1 N–H and O–H groups in total. The molecule has 0 spiro atoms. The standard InChI is InChI=1S/C17H23NO2/c19-17(20-12-13-6-2-1-3-7-13)16-11-18-10-14-8-4-5-9-15(14)16/h4-5,8-9,13,16,18H,1-3,6-7,10-12H2. The van der Waals surface area contributed by atoms with Crippen molar-refractivity contribution in [1.29, 1.82) is 0 Å². The Hall–Kier alpha value is -1.35. The van der Waals surface area contributed by atoms with E-state index >= 15 is 0 Å². The number of hydrogen-bond donors (Lipinski definition) is 1. The van der Waals surface area contributed by atoms with Crippen LogP contribution in [0.3, 0.4) is 0 Å². The van der Waals surface area contributed by atoms with Gasteiger partial charge in [0.25, 0.3) is 0 Å². The summed E-state index contributed by atoms with van der Waals surface area (Å²) >= 11 is 0. The Labute approximate surface area is 120 Å². The first-order valence-corrected chi connectivity index (χ1v) is 7.80. The zero-order chi connectivity index (χ0) is 13.8. The molecule has 0 saturated heterocycles. The fourth-order valence-electron chi connectivity index (χ4n) is 3.36. The van der Waals surface area contributed by atoms with Crippen LogP contribution in [0, 0.1) is 5.92 Å². The van der Waals surface area contributed by atoms with E-state index in [4.69, 9.17) is 4.74 Å². The van der Waals surface area contributed by atoms with Crippen LogP contribution in [0.5, 0.6) is 0 Å². The Morgan fingerprint density at radius 2 is 2.00 bits per heavy atom. The van der Waals surface area contributed by atoms with Gasteiger partial charge in [-0.05, 0) is 29.9 Å². The van der Waals surface area contributed by atoms with Crippen molar-refractivity contribution in [3.8, 4) is 0 Å². The molecule has 3 heteroatoms. The van der Waals surface area contributed by atoms with Crippen molar-refractivity contribution >= 4 is 5.97 Å². The van der Waals surface area contributed by atoms with Gasteiger partial charge in [-0.2, -0.15) is 0 Å². The highest BCUT2D eigenvalue weighted by molar-refractivity contribution is 5.79. The second kappa shape index (κ2) is 6.40. The van der Waals surface area contributed by atoms with Gasteiger partial charge in [-0.15, -0.1) is 0 Å². The van der Waals surface area contributed by atoms with Gasteiger partial charge >= 0.3 is 5.97 Å². The normalized spacial score (nSPS) is 23.1. The lowest BCUT2D eigenvalue weighted by molar-refractivity contribution is -0.147. The Kier molecular flexibility index (Phi) is 4.36. The van der Waals surface area contributed by atoms with Crippen LogP contribution < -0.4 is 5.32 Å². The summed E-state index contributed by atoms with van der Waals surface area (Å²) in [5, 5.41) is 3.31. The van der Waals surface area contributed by atoms with Crippen molar-refractivity contribution in [1.82, 2.24) is 5.32 Å². The summed E-state index contributed by atoms with van der Waals surface area (Å²) in [7, 11) is 0. The van der Waals surface area contributed by atoms with Crippen molar-refractivity contribution < 1.29 is 9.53 Å². The highest BCUT2D eigenvalue weighted by Gasteiger charge is 2.28. The summed E-state index contributed by atoms with van der Waals surface area (Å²) < 4.78 is 5.60. The van der Waals surface area contributed by atoms with Crippen LogP contribution in [0.4, 0.5) is 0 Å². The summed E-state index contributed by atoms with van der Waals surface area (Å²) in [6, 6.07) is 8.17. The number of rotatable bonds is 3. The summed E-state index contributed by atoms with van der Waals surface area (Å²) in [6.07, 6.45) is 6.34. The van der Waals surface area contributed by atoms with E-state index in [-0.39, 0.29) is 11.9 Å². The lowest BCUT2D eigenvalue weighted by atomic mass is 9.89. The molecule has 0 bridgehead atoms. The molecule has 0 aromatic heterocycles. The molecular formula is C17H23NO2. The van der Waals surface area contributed by atoms with E-state index < -0.39 is 0 Å². The Morgan fingerprint density at radius 3 is 2.85 bits per heavy atom. The molecule has 1 aliphatic carbocycles. The summed E-state index contributed by atoms with van der Waals surface area (Å²) in [4.78, 5) is 12.3. The van der Waals surface area contributed by atoms with Gasteiger partial charge in [0.1, 0.15) is 0 Å². The number of benzene rings is 1. The zero-order valence-electron chi connectivity index (χ0n) is 11.9. The maximum Gasteiger partial charge on any atom is 0.314 e. The average Bonchev–Trinajstić information content (AvgIpc) is 2.53. The lowest BCUT2D eigenvalue weighted by Crippen LogP contribution is -2.34. The quantitative estimate of drug-likeness (QED) is 0.860. The van der Waals surface area contributed by atoms with E-state index in [2.05, 4.69) is 17.4 Å². The van der Waals surface area contributed by atoms with Crippen molar-refractivity contribution in [2.45, 2.75) is 44.6 Å². The maximum atomic E-state index is 12.3. The first kappa shape index (κ1) is 13.6. The molecule has 108 valence electrons. The van der Waals surface area contributed by atoms with Crippen molar-refractivity contribution in [3.05, 3.63) is 35.4 Å². The number of esters is 1. The molecule has 1 saturated carbocycles. The van der Waals surface area contributed by atoms with Crippen LogP contribution >= 0.6 is 0 Å². The summed E-state index contributed by atoms with van der Waals surface area (Å²) in [5.41, 5.74) is 2.36. The average molecular weight is 273 g/mol. The van der Waals surface area contributed by atoms with Gasteiger partial charge in [0, 0.05) is 13.1 Å². The number of nitrogens with one attached hydrogen (secondary N) is 1. The van der Waals surface area contributed by atoms with E-state index in [1.54, 1.807) is 0 Å². The predicted octanol–water partition coefficient (Wildman–Crippen LogP) is 3.00. The fraction of sp³-hybridized carbons (Fsp3) is 0.588. The Morgan fingerprint density at radius 1 is 1.20 bits per heavy atom. The second-order valence-electron chi connectivity index (χ2n) is 6.02. The molecule has 3 rings (SSSR count). The molecule has 0 radical (unpaired) electrons. The molecule has 1 atom stereocenters. The SMILES string of the molecule is O=C(OCC1CCCCC1)C1CNCc2ccccc21. The van der Waals surface area contributed by atoms with Gasteiger partial charge in [-0.25, -0.2) is 0 Å². The van der Waals surface area contributed by atoms with E-state index in [9.17, 15) is 4.79 Å². The third-order valence-electron chi connectivity index (χ3n) is 4.56. The summed E-state index contributed by atoms with van der Waals surface area (Å²) in [6.45, 7) is 2.15. The molecule has 2 aliphatic rings. The van der Waals surface area contributed by atoms with Crippen LogP contribution in [0.1, 0.15) is 49.1 Å². The molecule has 0 amide bonds. The molecule has 1 fully saturated rings. The van der Waals surface area contributed by atoms with E-state index in [0.29, 0.717) is 19.1 Å². The molecule has 1 aromatic rings. The van der Waals surface area contributed by atoms with Crippen molar-refractivity contribution in [3.63, 3.8) is 0 Å². The molecule has 1 aromatic carbocycles. The molecule has 20 heavy (non-hydrogen) atoms. The monoisotopic (exact) mass is 273 g/mol. The van der Waals surface area contributed by atoms with Gasteiger partial charge in [-0.1, -0.05) is 43.5 Å².